The van der Waals surface area contributed by atoms with Crippen LogP contribution in [0.5, 0.6) is 5.75 Å². The van der Waals surface area contributed by atoms with Gasteiger partial charge in [0.2, 0.25) is 0 Å². The first-order valence-corrected chi connectivity index (χ1v) is 10.9. The number of methoxy groups -OCH3 is 1. The predicted octanol–water partition coefficient (Wildman–Crippen LogP) is 3.73. The van der Waals surface area contributed by atoms with Crippen LogP contribution in [0.25, 0.3) is 0 Å². The number of hydrogen-bond acceptors (Lipinski definition) is 5. The van der Waals surface area contributed by atoms with E-state index in [-0.39, 0.29) is 42.4 Å². The minimum atomic E-state index is -4.19. The number of hydrogen-bond donors (Lipinski definition) is 0. The second-order valence-electron chi connectivity index (χ2n) is 7.11. The van der Waals surface area contributed by atoms with Crippen LogP contribution in [0.15, 0.2) is 41.3 Å². The minimum Gasteiger partial charge on any atom is -0.490 e. The summed E-state index contributed by atoms with van der Waals surface area (Å²) in [6, 6.07) is 7.51. The Labute approximate surface area is 172 Å². The van der Waals surface area contributed by atoms with Crippen molar-refractivity contribution < 1.29 is 31.4 Å². The van der Waals surface area contributed by atoms with Crippen molar-refractivity contribution in [2.75, 3.05) is 26.9 Å². The lowest BCUT2D eigenvalue weighted by Gasteiger charge is -2.49. The fourth-order valence-electron chi connectivity index (χ4n) is 4.38. The van der Waals surface area contributed by atoms with Crippen LogP contribution in [0, 0.1) is 17.6 Å². The Morgan fingerprint density at radius 1 is 1.17 bits per heavy atom. The molecule has 0 unspecified atom stereocenters. The molecule has 0 radical (unpaired) electrons. The molecular formula is C20H19ClF2O5S. The molecule has 9 heteroatoms. The first-order chi connectivity index (χ1) is 13.8. The van der Waals surface area contributed by atoms with Crippen LogP contribution in [0.4, 0.5) is 8.78 Å². The van der Waals surface area contributed by atoms with Crippen molar-refractivity contribution in [3.05, 3.63) is 58.6 Å². The Morgan fingerprint density at radius 3 is 2.55 bits per heavy atom. The fraction of sp³-hybridized carbons (Fsp3) is 0.400. The quantitative estimate of drug-likeness (QED) is 0.719. The molecule has 0 bridgehead atoms. The van der Waals surface area contributed by atoms with E-state index >= 15 is 4.39 Å². The summed E-state index contributed by atoms with van der Waals surface area (Å²) < 4.78 is 72.2. The summed E-state index contributed by atoms with van der Waals surface area (Å²) in [5.41, 5.74) is -0.284. The zero-order chi connectivity index (χ0) is 20.8. The van der Waals surface area contributed by atoms with Crippen molar-refractivity contribution in [3.63, 3.8) is 0 Å². The van der Waals surface area contributed by atoms with Gasteiger partial charge in [0, 0.05) is 24.7 Å². The summed E-state index contributed by atoms with van der Waals surface area (Å²) in [5, 5.41) is 0.367. The molecule has 2 aliphatic rings. The molecule has 0 aliphatic carbocycles. The van der Waals surface area contributed by atoms with Crippen LogP contribution in [0.2, 0.25) is 5.02 Å². The zero-order valence-electron chi connectivity index (χ0n) is 15.5. The van der Waals surface area contributed by atoms with Gasteiger partial charge in [0.05, 0.1) is 29.8 Å². The average Bonchev–Trinajstić information content (AvgIpc) is 2.71. The summed E-state index contributed by atoms with van der Waals surface area (Å²) in [7, 11) is -2.72. The molecule has 5 nitrogen and oxygen atoms in total. The average molecular weight is 445 g/mol. The summed E-state index contributed by atoms with van der Waals surface area (Å²) in [6.45, 7) is -0.000851. The second kappa shape index (κ2) is 7.50. The van der Waals surface area contributed by atoms with Crippen molar-refractivity contribution in [2.24, 2.45) is 5.92 Å². The fourth-order valence-corrected chi connectivity index (χ4v) is 6.85. The molecule has 0 saturated carbocycles. The Morgan fingerprint density at radius 2 is 1.86 bits per heavy atom. The monoisotopic (exact) mass is 444 g/mol. The van der Waals surface area contributed by atoms with Gasteiger partial charge in [0.15, 0.2) is 21.4 Å². The smallest absolute Gasteiger partial charge is 0.189 e. The molecule has 2 aliphatic heterocycles. The molecule has 0 amide bonds. The molecule has 4 rings (SSSR count). The molecule has 0 aromatic heterocycles. The highest BCUT2D eigenvalue weighted by Crippen LogP contribution is 2.55. The Bertz CT molecular complexity index is 1030. The second-order valence-corrected chi connectivity index (χ2v) is 9.76. The molecule has 2 aromatic carbocycles. The Hall–Kier alpha value is -1.74. The molecule has 1 saturated heterocycles. The van der Waals surface area contributed by atoms with E-state index in [2.05, 4.69) is 0 Å². The van der Waals surface area contributed by atoms with E-state index in [9.17, 15) is 12.8 Å². The van der Waals surface area contributed by atoms with Gasteiger partial charge >= 0.3 is 0 Å². The predicted molar refractivity (Wildman–Crippen MR) is 102 cm³/mol. The number of ether oxygens (including phenoxy) is 3. The summed E-state index contributed by atoms with van der Waals surface area (Å²) in [5.74, 6) is -2.79. The van der Waals surface area contributed by atoms with Crippen LogP contribution in [-0.2, 0) is 24.1 Å². The first-order valence-electron chi connectivity index (χ1n) is 9.05. The third-order valence-corrected chi connectivity index (χ3v) is 8.49. The lowest BCUT2D eigenvalue weighted by molar-refractivity contribution is -0.0997. The molecule has 2 heterocycles. The molecule has 29 heavy (non-hydrogen) atoms. The molecule has 2 aromatic rings. The van der Waals surface area contributed by atoms with Gasteiger partial charge in [-0.3, -0.25) is 0 Å². The number of benzene rings is 2. The van der Waals surface area contributed by atoms with Gasteiger partial charge < -0.3 is 14.2 Å². The van der Waals surface area contributed by atoms with Gasteiger partial charge in [0.25, 0.3) is 0 Å². The molecule has 3 atom stereocenters. The highest BCUT2D eigenvalue weighted by molar-refractivity contribution is 7.92. The van der Waals surface area contributed by atoms with Crippen molar-refractivity contribution in [3.8, 4) is 5.75 Å². The van der Waals surface area contributed by atoms with Crippen LogP contribution >= 0.6 is 11.6 Å². The Balaban J connectivity index is 2.01. The zero-order valence-corrected chi connectivity index (χ0v) is 17.1. The maximum Gasteiger partial charge on any atom is 0.189 e. The van der Waals surface area contributed by atoms with E-state index in [1.165, 1.54) is 31.4 Å². The minimum absolute atomic E-state index is 0.0264. The molecule has 1 fully saturated rings. The van der Waals surface area contributed by atoms with E-state index in [4.69, 9.17) is 25.8 Å². The third kappa shape index (κ3) is 3.04. The highest BCUT2D eigenvalue weighted by atomic mass is 35.5. The summed E-state index contributed by atoms with van der Waals surface area (Å²) in [4.78, 5) is -0.0264. The summed E-state index contributed by atoms with van der Waals surface area (Å²) >= 11 is 5.91. The number of fused-ring (bicyclic) bond motifs is 3. The largest absolute Gasteiger partial charge is 0.490 e. The lowest BCUT2D eigenvalue weighted by Crippen LogP contribution is -2.58. The van der Waals surface area contributed by atoms with Crippen molar-refractivity contribution in [2.45, 2.75) is 22.2 Å². The Kier molecular flexibility index (Phi) is 5.31. The molecule has 0 N–H and O–H groups in total. The van der Waals surface area contributed by atoms with Gasteiger partial charge in [-0.25, -0.2) is 17.2 Å². The lowest BCUT2D eigenvalue weighted by atomic mass is 9.76. The standard InChI is InChI=1S/C20H19ClF2O5S/c1-26-11-17-14-10-28-19-16(23)7-6-15(22)18(19)20(14,8-9-27-17)29(24,25)13-4-2-12(21)3-5-13/h2-7,14,17H,8-11H2,1H3/t14-,17-,20-/m0/s1. The van der Waals surface area contributed by atoms with E-state index in [1.807, 2.05) is 0 Å². The van der Waals surface area contributed by atoms with Gasteiger partial charge in [-0.15, -0.1) is 0 Å². The van der Waals surface area contributed by atoms with Crippen molar-refractivity contribution in [1.29, 1.82) is 0 Å². The van der Waals surface area contributed by atoms with E-state index in [0.717, 1.165) is 12.1 Å². The van der Waals surface area contributed by atoms with Crippen LogP contribution in [0.3, 0.4) is 0 Å². The van der Waals surface area contributed by atoms with Crippen LogP contribution in [-0.4, -0.2) is 41.5 Å². The maximum absolute atomic E-state index is 15.1. The summed E-state index contributed by atoms with van der Waals surface area (Å²) in [6.07, 6.45) is -0.703. The van der Waals surface area contributed by atoms with Gasteiger partial charge in [0.1, 0.15) is 10.6 Å². The highest BCUT2D eigenvalue weighted by Gasteiger charge is 2.61. The van der Waals surface area contributed by atoms with Gasteiger partial charge in [-0.05, 0) is 42.8 Å². The molecule has 156 valence electrons. The van der Waals surface area contributed by atoms with E-state index in [1.54, 1.807) is 0 Å². The topological polar surface area (TPSA) is 61.8 Å². The maximum atomic E-state index is 15.1. The first kappa shape index (κ1) is 20.5. The van der Waals surface area contributed by atoms with Crippen LogP contribution in [0.1, 0.15) is 12.0 Å². The third-order valence-electron chi connectivity index (χ3n) is 5.68. The van der Waals surface area contributed by atoms with Crippen molar-refractivity contribution >= 4 is 21.4 Å². The van der Waals surface area contributed by atoms with Crippen molar-refractivity contribution in [1.82, 2.24) is 0 Å². The van der Waals surface area contributed by atoms with Gasteiger partial charge in [-0.2, -0.15) is 0 Å². The van der Waals surface area contributed by atoms with Gasteiger partial charge in [-0.1, -0.05) is 11.6 Å². The number of halogens is 3. The molecule has 0 spiro atoms. The number of sulfone groups is 1. The number of rotatable bonds is 4. The normalized spacial score (nSPS) is 26.3. The SMILES string of the molecule is COC[C@@H]1OCC[C@@]2(S(=O)(=O)c3ccc(Cl)cc3)c3c(F)ccc(F)c3OC[C@@H]12. The molecular weight excluding hydrogens is 426 g/mol. The van der Waals surface area contributed by atoms with Crippen LogP contribution < -0.4 is 4.74 Å². The van der Waals surface area contributed by atoms with E-state index in [0.29, 0.717) is 5.02 Å². The van der Waals surface area contributed by atoms with E-state index < -0.39 is 38.2 Å².